The number of fused-ring (bicyclic) bond motifs is 1. The van der Waals surface area contributed by atoms with Gasteiger partial charge in [0.1, 0.15) is 11.4 Å². The summed E-state index contributed by atoms with van der Waals surface area (Å²) in [5, 5.41) is 4.21. The monoisotopic (exact) mass is 322 g/mol. The van der Waals surface area contributed by atoms with Gasteiger partial charge in [0.25, 0.3) is 5.91 Å². The van der Waals surface area contributed by atoms with Crippen LogP contribution in [0.1, 0.15) is 40.6 Å². The highest BCUT2D eigenvalue weighted by Gasteiger charge is 2.28. The number of hydrogen-bond acceptors (Lipinski definition) is 5. The van der Waals surface area contributed by atoms with Crippen molar-refractivity contribution in [2.24, 2.45) is 0 Å². The van der Waals surface area contributed by atoms with Gasteiger partial charge in [-0.2, -0.15) is 5.10 Å². The number of rotatable bonds is 2. The second-order valence-electron chi connectivity index (χ2n) is 6.07. The van der Waals surface area contributed by atoms with Crippen molar-refractivity contribution in [2.75, 3.05) is 13.1 Å². The minimum Gasteiger partial charge on any atom is -0.338 e. The molecule has 1 amide bonds. The van der Waals surface area contributed by atoms with Crippen LogP contribution < -0.4 is 0 Å². The van der Waals surface area contributed by atoms with Crippen LogP contribution in [0.15, 0.2) is 36.9 Å². The zero-order valence-electron chi connectivity index (χ0n) is 13.5. The second kappa shape index (κ2) is 5.99. The molecule has 4 rings (SSSR count). The molecule has 3 aromatic rings. The predicted molar refractivity (Wildman–Crippen MR) is 87.6 cm³/mol. The maximum atomic E-state index is 12.9. The highest BCUT2D eigenvalue weighted by molar-refractivity contribution is 5.99. The molecule has 0 spiro atoms. The molecule has 0 bridgehead atoms. The summed E-state index contributed by atoms with van der Waals surface area (Å²) in [5.41, 5.74) is 2.16. The Labute approximate surface area is 139 Å². The van der Waals surface area contributed by atoms with E-state index in [1.54, 1.807) is 35.4 Å². The highest BCUT2D eigenvalue weighted by atomic mass is 16.2. The van der Waals surface area contributed by atoms with Gasteiger partial charge in [0, 0.05) is 43.3 Å². The SMILES string of the molecule is Cc1nccc([C@H]2CCCN(C(=O)c3cnn4cccnc34)C2)n1. The van der Waals surface area contributed by atoms with Crippen LogP contribution in [0, 0.1) is 6.92 Å². The van der Waals surface area contributed by atoms with Crippen molar-refractivity contribution in [3.63, 3.8) is 0 Å². The lowest BCUT2D eigenvalue weighted by atomic mass is 9.94. The lowest BCUT2D eigenvalue weighted by molar-refractivity contribution is 0.0707. The minimum absolute atomic E-state index is 0.0146. The molecule has 7 heteroatoms. The van der Waals surface area contributed by atoms with Gasteiger partial charge in [-0.25, -0.2) is 19.5 Å². The fraction of sp³-hybridized carbons (Fsp3) is 0.353. The molecule has 0 saturated carbocycles. The largest absolute Gasteiger partial charge is 0.338 e. The maximum absolute atomic E-state index is 12.9. The molecular formula is C17H18N6O. The van der Waals surface area contributed by atoms with Crippen molar-refractivity contribution < 1.29 is 4.79 Å². The van der Waals surface area contributed by atoms with Gasteiger partial charge in [0.15, 0.2) is 5.65 Å². The summed E-state index contributed by atoms with van der Waals surface area (Å²) in [6.45, 7) is 3.31. The van der Waals surface area contributed by atoms with E-state index >= 15 is 0 Å². The Bertz CT molecular complexity index is 889. The topological polar surface area (TPSA) is 76.3 Å². The molecule has 0 N–H and O–H groups in total. The lowest BCUT2D eigenvalue weighted by Gasteiger charge is -2.32. The number of aryl methyl sites for hydroxylation is 1. The Balaban J connectivity index is 1.58. The Kier molecular flexibility index (Phi) is 3.68. The second-order valence-corrected chi connectivity index (χ2v) is 6.07. The summed E-state index contributed by atoms with van der Waals surface area (Å²) in [7, 11) is 0. The molecule has 0 aliphatic carbocycles. The summed E-state index contributed by atoms with van der Waals surface area (Å²) in [6, 6.07) is 3.74. The number of aromatic nitrogens is 5. The maximum Gasteiger partial charge on any atom is 0.259 e. The van der Waals surface area contributed by atoms with Crippen LogP contribution in [0.3, 0.4) is 0 Å². The van der Waals surface area contributed by atoms with Crippen LogP contribution >= 0.6 is 0 Å². The number of hydrogen-bond donors (Lipinski definition) is 0. The number of nitrogens with zero attached hydrogens (tertiary/aromatic N) is 6. The number of likely N-dealkylation sites (tertiary alicyclic amines) is 1. The zero-order chi connectivity index (χ0) is 16.5. The molecule has 1 aliphatic heterocycles. The summed E-state index contributed by atoms with van der Waals surface area (Å²) >= 11 is 0. The van der Waals surface area contributed by atoms with Crippen molar-refractivity contribution in [2.45, 2.75) is 25.7 Å². The van der Waals surface area contributed by atoms with Crippen LogP contribution in [0.2, 0.25) is 0 Å². The van der Waals surface area contributed by atoms with Crippen LogP contribution in [-0.2, 0) is 0 Å². The number of carbonyl (C=O) groups is 1. The molecule has 1 aliphatic rings. The van der Waals surface area contributed by atoms with Gasteiger partial charge in [0.2, 0.25) is 0 Å². The van der Waals surface area contributed by atoms with Crippen LogP contribution in [0.25, 0.3) is 5.65 Å². The van der Waals surface area contributed by atoms with E-state index in [0.29, 0.717) is 17.8 Å². The Morgan fingerprint density at radius 3 is 3.08 bits per heavy atom. The van der Waals surface area contributed by atoms with Crippen LogP contribution in [-0.4, -0.2) is 48.5 Å². The third-order valence-electron chi connectivity index (χ3n) is 4.43. The lowest BCUT2D eigenvalue weighted by Crippen LogP contribution is -2.39. The van der Waals surface area contributed by atoms with Crippen molar-refractivity contribution in [3.05, 3.63) is 54.0 Å². The highest BCUT2D eigenvalue weighted by Crippen LogP contribution is 2.26. The first-order valence-corrected chi connectivity index (χ1v) is 8.09. The van der Waals surface area contributed by atoms with Gasteiger partial charge < -0.3 is 4.90 Å². The van der Waals surface area contributed by atoms with E-state index in [4.69, 9.17) is 0 Å². The standard InChI is InChI=1S/C17H18N6O/c1-12-18-7-5-15(21-12)13-4-2-8-22(11-13)17(24)14-10-20-23-9-3-6-19-16(14)23/h3,5-7,9-10,13H,2,4,8,11H2,1H3/t13-/m0/s1. The first-order chi connectivity index (χ1) is 11.7. The predicted octanol–water partition coefficient (Wildman–Crippen LogP) is 1.85. The van der Waals surface area contributed by atoms with E-state index in [1.165, 1.54) is 0 Å². The van der Waals surface area contributed by atoms with Gasteiger partial charge in [0.05, 0.1) is 6.20 Å². The Hall–Kier alpha value is -2.83. The van der Waals surface area contributed by atoms with Crippen molar-refractivity contribution in [1.82, 2.24) is 29.5 Å². The van der Waals surface area contributed by atoms with Crippen LogP contribution in [0.4, 0.5) is 0 Å². The summed E-state index contributed by atoms with van der Waals surface area (Å²) in [4.78, 5) is 27.8. The van der Waals surface area contributed by atoms with E-state index in [1.807, 2.05) is 17.9 Å². The van der Waals surface area contributed by atoms with Gasteiger partial charge in [-0.05, 0) is 31.9 Å². The van der Waals surface area contributed by atoms with Gasteiger partial charge in [-0.15, -0.1) is 0 Å². The summed E-state index contributed by atoms with van der Waals surface area (Å²) in [6.07, 6.45) is 8.86. The molecule has 0 aromatic carbocycles. The van der Waals surface area contributed by atoms with Crippen molar-refractivity contribution in [1.29, 1.82) is 0 Å². The number of amides is 1. The fourth-order valence-electron chi connectivity index (χ4n) is 3.25. The van der Waals surface area contributed by atoms with E-state index in [-0.39, 0.29) is 11.8 Å². The van der Waals surface area contributed by atoms with E-state index < -0.39 is 0 Å². The van der Waals surface area contributed by atoms with E-state index in [2.05, 4.69) is 20.1 Å². The van der Waals surface area contributed by atoms with E-state index in [0.717, 1.165) is 30.9 Å². The normalized spacial score (nSPS) is 18.0. The first kappa shape index (κ1) is 14.7. The molecular weight excluding hydrogens is 304 g/mol. The number of carbonyl (C=O) groups excluding carboxylic acids is 1. The quantitative estimate of drug-likeness (QED) is 0.719. The first-order valence-electron chi connectivity index (χ1n) is 8.09. The van der Waals surface area contributed by atoms with Gasteiger partial charge in [-0.3, -0.25) is 4.79 Å². The average molecular weight is 322 g/mol. The molecule has 1 fully saturated rings. The molecule has 122 valence electrons. The van der Waals surface area contributed by atoms with Crippen molar-refractivity contribution in [3.8, 4) is 0 Å². The molecule has 1 saturated heterocycles. The fourth-order valence-corrected chi connectivity index (χ4v) is 3.25. The number of piperidine rings is 1. The molecule has 24 heavy (non-hydrogen) atoms. The molecule has 0 unspecified atom stereocenters. The molecule has 1 atom stereocenters. The molecule has 7 nitrogen and oxygen atoms in total. The zero-order valence-corrected chi connectivity index (χ0v) is 13.5. The van der Waals surface area contributed by atoms with Gasteiger partial charge in [-0.1, -0.05) is 0 Å². The van der Waals surface area contributed by atoms with Gasteiger partial charge >= 0.3 is 0 Å². The third kappa shape index (κ3) is 2.62. The Morgan fingerprint density at radius 2 is 2.21 bits per heavy atom. The molecule has 3 aromatic heterocycles. The smallest absolute Gasteiger partial charge is 0.259 e. The Morgan fingerprint density at radius 1 is 1.29 bits per heavy atom. The minimum atomic E-state index is -0.0146. The van der Waals surface area contributed by atoms with E-state index in [9.17, 15) is 4.79 Å². The van der Waals surface area contributed by atoms with Crippen molar-refractivity contribution >= 4 is 11.6 Å². The summed E-state index contributed by atoms with van der Waals surface area (Å²) in [5.74, 6) is 1.00. The molecule has 4 heterocycles. The molecule has 0 radical (unpaired) electrons. The summed E-state index contributed by atoms with van der Waals surface area (Å²) < 4.78 is 1.63. The van der Waals surface area contributed by atoms with Crippen LogP contribution in [0.5, 0.6) is 0 Å². The average Bonchev–Trinajstić information content (AvgIpc) is 3.05. The third-order valence-corrected chi connectivity index (χ3v) is 4.43.